The average Bonchev–Trinajstić information content (AvgIpc) is 3.07. The molecule has 0 unspecified atom stereocenters. The number of piperidine rings is 1. The minimum absolute atomic E-state index is 0.188. The van der Waals surface area contributed by atoms with Gasteiger partial charge in [0.05, 0.1) is 21.8 Å². The SMILES string of the molecule is Cc1[nH]n(-c2ccccc2)c(=O)c1C=Nc1ccc(S(=O)(=O)N2CCCCC2)cc1. The Hall–Kier alpha value is -2.97. The number of aromatic amines is 1. The van der Waals surface area contributed by atoms with Crippen LogP contribution in [0.1, 0.15) is 30.5 Å². The molecule has 1 aliphatic rings. The molecule has 0 atom stereocenters. The maximum absolute atomic E-state index is 12.7. The van der Waals surface area contributed by atoms with Crippen molar-refractivity contribution in [1.82, 2.24) is 14.1 Å². The molecular weight excluding hydrogens is 400 g/mol. The van der Waals surface area contributed by atoms with Gasteiger partial charge in [-0.1, -0.05) is 24.6 Å². The minimum atomic E-state index is -3.46. The lowest BCUT2D eigenvalue weighted by molar-refractivity contribution is 0.346. The monoisotopic (exact) mass is 424 g/mol. The first-order valence-corrected chi connectivity index (χ1v) is 11.4. The first-order chi connectivity index (χ1) is 14.5. The number of nitrogens with zero attached hydrogens (tertiary/aromatic N) is 3. The van der Waals surface area contributed by atoms with Crippen molar-refractivity contribution in [1.29, 1.82) is 0 Å². The molecule has 3 aromatic rings. The number of hydrogen-bond donors (Lipinski definition) is 1. The summed E-state index contributed by atoms with van der Waals surface area (Å²) in [4.78, 5) is 17.4. The maximum atomic E-state index is 12.7. The van der Waals surface area contributed by atoms with Crippen molar-refractivity contribution in [3.8, 4) is 5.69 Å². The van der Waals surface area contributed by atoms with Crippen LogP contribution in [-0.4, -0.2) is 41.8 Å². The van der Waals surface area contributed by atoms with Gasteiger partial charge in [-0.3, -0.25) is 14.9 Å². The summed E-state index contributed by atoms with van der Waals surface area (Å²) in [5, 5.41) is 3.06. The quantitative estimate of drug-likeness (QED) is 0.637. The normalized spacial score (nSPS) is 15.6. The van der Waals surface area contributed by atoms with Crippen molar-refractivity contribution < 1.29 is 8.42 Å². The molecule has 1 N–H and O–H groups in total. The molecule has 1 aliphatic heterocycles. The Labute approximate surface area is 175 Å². The van der Waals surface area contributed by atoms with Crippen molar-refractivity contribution >= 4 is 21.9 Å². The summed E-state index contributed by atoms with van der Waals surface area (Å²) < 4.78 is 28.5. The fourth-order valence-corrected chi connectivity index (χ4v) is 5.09. The number of sulfonamides is 1. The Morgan fingerprint density at radius 1 is 0.967 bits per heavy atom. The Morgan fingerprint density at radius 2 is 1.63 bits per heavy atom. The highest BCUT2D eigenvalue weighted by Gasteiger charge is 2.25. The number of H-pyrrole nitrogens is 1. The van der Waals surface area contributed by atoms with E-state index in [0.717, 1.165) is 24.9 Å². The van der Waals surface area contributed by atoms with Crippen LogP contribution in [0, 0.1) is 6.92 Å². The number of aromatic nitrogens is 2. The van der Waals surface area contributed by atoms with Crippen LogP contribution in [0.4, 0.5) is 5.69 Å². The number of nitrogens with one attached hydrogen (secondary N) is 1. The number of aliphatic imine (C=N–C) groups is 1. The lowest BCUT2D eigenvalue weighted by Crippen LogP contribution is -2.35. The number of rotatable bonds is 5. The van der Waals surface area contributed by atoms with Crippen molar-refractivity contribution in [3.63, 3.8) is 0 Å². The number of hydrogen-bond acceptors (Lipinski definition) is 4. The van der Waals surface area contributed by atoms with Crippen LogP contribution < -0.4 is 5.56 Å². The summed E-state index contributed by atoms with van der Waals surface area (Å²) in [7, 11) is -3.46. The Kier molecular flexibility index (Phi) is 5.69. The predicted molar refractivity (Wildman–Crippen MR) is 117 cm³/mol. The second-order valence-corrected chi connectivity index (χ2v) is 9.28. The maximum Gasteiger partial charge on any atom is 0.280 e. The zero-order valence-electron chi connectivity index (χ0n) is 16.8. The minimum Gasteiger partial charge on any atom is -0.295 e. The van der Waals surface area contributed by atoms with E-state index >= 15 is 0 Å². The molecule has 30 heavy (non-hydrogen) atoms. The topological polar surface area (TPSA) is 87.5 Å². The molecule has 0 spiro atoms. The van der Waals surface area contributed by atoms with Crippen LogP contribution >= 0.6 is 0 Å². The van der Waals surface area contributed by atoms with E-state index in [1.807, 2.05) is 37.3 Å². The third-order valence-electron chi connectivity index (χ3n) is 5.26. The summed E-state index contributed by atoms with van der Waals surface area (Å²) >= 11 is 0. The highest BCUT2D eigenvalue weighted by Crippen LogP contribution is 2.23. The molecule has 0 radical (unpaired) electrons. The van der Waals surface area contributed by atoms with Gasteiger partial charge in [0.1, 0.15) is 0 Å². The van der Waals surface area contributed by atoms with Gasteiger partial charge >= 0.3 is 0 Å². The first kappa shape index (κ1) is 20.3. The van der Waals surface area contributed by atoms with E-state index in [4.69, 9.17) is 0 Å². The van der Waals surface area contributed by atoms with E-state index in [-0.39, 0.29) is 10.5 Å². The summed E-state index contributed by atoms with van der Waals surface area (Å²) in [5.41, 5.74) is 2.31. The van der Waals surface area contributed by atoms with E-state index in [1.54, 1.807) is 28.6 Å². The van der Waals surface area contributed by atoms with Crippen molar-refractivity contribution in [3.05, 3.63) is 76.2 Å². The molecule has 1 aromatic heterocycles. The third-order valence-corrected chi connectivity index (χ3v) is 7.18. The van der Waals surface area contributed by atoms with Crippen LogP contribution in [0.15, 0.2) is 69.3 Å². The molecule has 0 amide bonds. The zero-order chi connectivity index (χ0) is 21.1. The number of para-hydroxylation sites is 1. The summed E-state index contributed by atoms with van der Waals surface area (Å²) in [6.07, 6.45) is 4.39. The molecule has 0 bridgehead atoms. The van der Waals surface area contributed by atoms with E-state index in [0.29, 0.717) is 30.0 Å². The molecule has 0 saturated carbocycles. The summed E-state index contributed by atoms with van der Waals surface area (Å²) in [6, 6.07) is 15.8. The second-order valence-electron chi connectivity index (χ2n) is 7.34. The number of aryl methyl sites for hydroxylation is 1. The largest absolute Gasteiger partial charge is 0.295 e. The van der Waals surface area contributed by atoms with Gasteiger partial charge in [-0.25, -0.2) is 13.1 Å². The molecule has 7 nitrogen and oxygen atoms in total. The molecular formula is C22H24N4O3S. The van der Waals surface area contributed by atoms with Crippen LogP contribution in [0.25, 0.3) is 5.69 Å². The first-order valence-electron chi connectivity index (χ1n) is 9.98. The van der Waals surface area contributed by atoms with E-state index in [2.05, 4.69) is 10.1 Å². The van der Waals surface area contributed by atoms with Gasteiger partial charge in [-0.15, -0.1) is 0 Å². The Bertz CT molecular complexity index is 1200. The molecule has 0 aliphatic carbocycles. The third kappa shape index (κ3) is 4.01. The van der Waals surface area contributed by atoms with Gasteiger partial charge in [-0.05, 0) is 56.2 Å². The van der Waals surface area contributed by atoms with Crippen LogP contribution in [0.5, 0.6) is 0 Å². The van der Waals surface area contributed by atoms with Crippen molar-refractivity contribution in [2.45, 2.75) is 31.1 Å². The molecule has 156 valence electrons. The van der Waals surface area contributed by atoms with Crippen LogP contribution in [0.2, 0.25) is 0 Å². The van der Waals surface area contributed by atoms with Crippen molar-refractivity contribution in [2.24, 2.45) is 4.99 Å². The molecule has 4 rings (SSSR count). The molecule has 1 saturated heterocycles. The Balaban J connectivity index is 1.56. The van der Waals surface area contributed by atoms with Gasteiger partial charge in [0.2, 0.25) is 10.0 Å². The molecule has 8 heteroatoms. The van der Waals surface area contributed by atoms with Gasteiger partial charge in [0, 0.05) is 25.0 Å². The number of benzene rings is 2. The fourth-order valence-electron chi connectivity index (χ4n) is 3.57. The Morgan fingerprint density at radius 3 is 2.30 bits per heavy atom. The van der Waals surface area contributed by atoms with E-state index in [1.165, 1.54) is 10.9 Å². The van der Waals surface area contributed by atoms with Crippen LogP contribution in [-0.2, 0) is 10.0 Å². The van der Waals surface area contributed by atoms with Gasteiger partial charge in [-0.2, -0.15) is 4.31 Å². The van der Waals surface area contributed by atoms with E-state index in [9.17, 15) is 13.2 Å². The van der Waals surface area contributed by atoms with Crippen molar-refractivity contribution in [2.75, 3.05) is 13.1 Å². The summed E-state index contributed by atoms with van der Waals surface area (Å²) in [6.45, 7) is 2.96. The fraction of sp³-hybridized carbons (Fsp3) is 0.273. The van der Waals surface area contributed by atoms with Gasteiger partial charge < -0.3 is 0 Å². The second kappa shape index (κ2) is 8.41. The molecule has 2 aromatic carbocycles. The lowest BCUT2D eigenvalue weighted by atomic mass is 10.2. The smallest absolute Gasteiger partial charge is 0.280 e. The average molecular weight is 425 g/mol. The van der Waals surface area contributed by atoms with Crippen LogP contribution in [0.3, 0.4) is 0 Å². The lowest BCUT2D eigenvalue weighted by Gasteiger charge is -2.25. The zero-order valence-corrected chi connectivity index (χ0v) is 17.6. The molecule has 1 fully saturated rings. The standard InChI is InChI=1S/C22H24N4O3S/c1-17-21(22(27)26(24-17)19-8-4-2-5-9-19)16-23-18-10-12-20(13-11-18)30(28,29)25-14-6-3-7-15-25/h2,4-5,8-13,16,24H,3,6-7,14-15H2,1H3. The summed E-state index contributed by atoms with van der Waals surface area (Å²) in [5.74, 6) is 0. The van der Waals surface area contributed by atoms with Gasteiger partial charge in [0.25, 0.3) is 5.56 Å². The van der Waals surface area contributed by atoms with E-state index < -0.39 is 10.0 Å². The molecule has 2 heterocycles. The highest BCUT2D eigenvalue weighted by atomic mass is 32.2. The van der Waals surface area contributed by atoms with Gasteiger partial charge in [0.15, 0.2) is 0 Å². The highest BCUT2D eigenvalue weighted by molar-refractivity contribution is 7.89. The predicted octanol–water partition coefficient (Wildman–Crippen LogP) is 3.40.